The van der Waals surface area contributed by atoms with Gasteiger partial charge in [-0.25, -0.2) is 4.79 Å². The van der Waals surface area contributed by atoms with Crippen LogP contribution >= 0.6 is 0 Å². The SMILES string of the molecule is O=C(CN1C(=O)NC(c2ccccc2)C1=O)NCC1CCCO1. The molecule has 0 spiro atoms. The van der Waals surface area contributed by atoms with Gasteiger partial charge in [0.2, 0.25) is 5.91 Å². The lowest BCUT2D eigenvalue weighted by atomic mass is 10.1. The molecule has 0 bridgehead atoms. The van der Waals surface area contributed by atoms with Gasteiger partial charge in [0.1, 0.15) is 12.6 Å². The average Bonchev–Trinajstić information content (AvgIpc) is 3.17. The normalized spacial score (nSPS) is 23.9. The van der Waals surface area contributed by atoms with E-state index in [0.717, 1.165) is 17.7 Å². The number of imide groups is 1. The fourth-order valence-electron chi connectivity index (χ4n) is 2.77. The topological polar surface area (TPSA) is 87.7 Å². The van der Waals surface area contributed by atoms with Crippen molar-refractivity contribution < 1.29 is 19.1 Å². The van der Waals surface area contributed by atoms with Crippen LogP contribution in [0, 0.1) is 0 Å². The standard InChI is InChI=1S/C16H19N3O4/c20-13(17-9-12-7-4-8-23-12)10-19-15(21)14(18-16(19)22)11-5-2-1-3-6-11/h1-3,5-6,12,14H,4,7-10H2,(H,17,20)(H,18,22). The van der Waals surface area contributed by atoms with Crippen LogP contribution in [0.2, 0.25) is 0 Å². The lowest BCUT2D eigenvalue weighted by Gasteiger charge is -2.15. The highest BCUT2D eigenvalue weighted by Crippen LogP contribution is 2.21. The largest absolute Gasteiger partial charge is 0.376 e. The summed E-state index contributed by atoms with van der Waals surface area (Å²) in [5, 5.41) is 5.31. The van der Waals surface area contributed by atoms with E-state index in [1.54, 1.807) is 24.3 Å². The molecule has 2 aliphatic rings. The number of amides is 4. The van der Waals surface area contributed by atoms with Crippen LogP contribution in [0.15, 0.2) is 30.3 Å². The van der Waals surface area contributed by atoms with Crippen molar-refractivity contribution in [3.63, 3.8) is 0 Å². The highest BCUT2D eigenvalue weighted by molar-refractivity contribution is 6.06. The molecule has 2 saturated heterocycles. The Balaban J connectivity index is 1.56. The molecular weight excluding hydrogens is 298 g/mol. The van der Waals surface area contributed by atoms with Crippen LogP contribution in [0.1, 0.15) is 24.4 Å². The number of hydrogen-bond acceptors (Lipinski definition) is 4. The first-order valence-corrected chi connectivity index (χ1v) is 7.70. The number of nitrogens with one attached hydrogen (secondary N) is 2. The van der Waals surface area contributed by atoms with Crippen molar-refractivity contribution >= 4 is 17.8 Å². The molecular formula is C16H19N3O4. The number of urea groups is 1. The number of nitrogens with zero attached hydrogens (tertiary/aromatic N) is 1. The highest BCUT2D eigenvalue weighted by atomic mass is 16.5. The Morgan fingerprint density at radius 2 is 2.09 bits per heavy atom. The third-order valence-corrected chi connectivity index (χ3v) is 4.01. The number of ether oxygens (including phenoxy) is 1. The van der Waals surface area contributed by atoms with Crippen LogP contribution < -0.4 is 10.6 Å². The van der Waals surface area contributed by atoms with E-state index in [0.29, 0.717) is 18.7 Å². The summed E-state index contributed by atoms with van der Waals surface area (Å²) in [4.78, 5) is 37.2. The van der Waals surface area contributed by atoms with Crippen molar-refractivity contribution in [2.45, 2.75) is 25.0 Å². The molecule has 2 N–H and O–H groups in total. The summed E-state index contributed by atoms with van der Waals surface area (Å²) in [6.45, 7) is 0.845. The minimum absolute atomic E-state index is 0.0270. The third kappa shape index (κ3) is 3.50. The third-order valence-electron chi connectivity index (χ3n) is 4.01. The maximum absolute atomic E-state index is 12.4. The molecule has 122 valence electrons. The molecule has 0 saturated carbocycles. The Morgan fingerprint density at radius 3 is 2.78 bits per heavy atom. The molecule has 2 unspecified atom stereocenters. The quantitative estimate of drug-likeness (QED) is 0.778. The van der Waals surface area contributed by atoms with Crippen LogP contribution in [0.4, 0.5) is 4.79 Å². The maximum Gasteiger partial charge on any atom is 0.325 e. The molecule has 2 atom stereocenters. The Bertz CT molecular complexity index is 599. The molecule has 2 heterocycles. The van der Waals surface area contributed by atoms with Crippen LogP contribution in [0.25, 0.3) is 0 Å². The van der Waals surface area contributed by atoms with E-state index < -0.39 is 18.0 Å². The fraction of sp³-hybridized carbons (Fsp3) is 0.438. The van der Waals surface area contributed by atoms with E-state index in [4.69, 9.17) is 4.74 Å². The summed E-state index contributed by atoms with van der Waals surface area (Å²) in [6.07, 6.45) is 1.94. The zero-order valence-corrected chi connectivity index (χ0v) is 12.7. The van der Waals surface area contributed by atoms with Gasteiger partial charge in [0, 0.05) is 13.2 Å². The van der Waals surface area contributed by atoms with Gasteiger partial charge >= 0.3 is 6.03 Å². The van der Waals surface area contributed by atoms with Crippen LogP contribution in [0.3, 0.4) is 0 Å². The summed E-state index contributed by atoms with van der Waals surface area (Å²) >= 11 is 0. The molecule has 3 rings (SSSR count). The summed E-state index contributed by atoms with van der Waals surface area (Å²) in [6, 6.07) is 7.69. The summed E-state index contributed by atoms with van der Waals surface area (Å²) in [7, 11) is 0. The molecule has 2 fully saturated rings. The van der Waals surface area contributed by atoms with Crippen LogP contribution in [-0.2, 0) is 14.3 Å². The summed E-state index contributed by atoms with van der Waals surface area (Å²) in [5.41, 5.74) is 0.702. The lowest BCUT2D eigenvalue weighted by molar-refractivity contribution is -0.132. The average molecular weight is 317 g/mol. The van der Waals surface area contributed by atoms with Gasteiger partial charge < -0.3 is 15.4 Å². The Labute approximate surface area is 134 Å². The smallest absolute Gasteiger partial charge is 0.325 e. The molecule has 0 radical (unpaired) electrons. The molecule has 1 aromatic carbocycles. The molecule has 4 amide bonds. The van der Waals surface area contributed by atoms with Crippen molar-refractivity contribution in [2.24, 2.45) is 0 Å². The number of rotatable bonds is 5. The van der Waals surface area contributed by atoms with E-state index in [1.807, 2.05) is 6.07 Å². The molecule has 7 heteroatoms. The van der Waals surface area contributed by atoms with Crippen LogP contribution in [0.5, 0.6) is 0 Å². The van der Waals surface area contributed by atoms with E-state index in [2.05, 4.69) is 10.6 Å². The predicted octanol–water partition coefficient (Wildman–Crippen LogP) is 0.575. The Morgan fingerprint density at radius 1 is 1.30 bits per heavy atom. The van der Waals surface area contributed by atoms with Gasteiger partial charge in [-0.3, -0.25) is 14.5 Å². The first-order chi connectivity index (χ1) is 11.1. The number of benzene rings is 1. The van der Waals surface area contributed by atoms with E-state index in [9.17, 15) is 14.4 Å². The second-order valence-corrected chi connectivity index (χ2v) is 5.66. The van der Waals surface area contributed by atoms with Crippen molar-refractivity contribution in [3.05, 3.63) is 35.9 Å². The lowest BCUT2D eigenvalue weighted by Crippen LogP contribution is -2.42. The maximum atomic E-state index is 12.4. The predicted molar refractivity (Wildman–Crippen MR) is 81.4 cm³/mol. The monoisotopic (exact) mass is 317 g/mol. The Hall–Kier alpha value is -2.41. The minimum Gasteiger partial charge on any atom is -0.376 e. The number of carbonyl (C=O) groups is 3. The second-order valence-electron chi connectivity index (χ2n) is 5.66. The molecule has 23 heavy (non-hydrogen) atoms. The molecule has 0 aromatic heterocycles. The van der Waals surface area contributed by atoms with Gasteiger partial charge in [-0.05, 0) is 18.4 Å². The van der Waals surface area contributed by atoms with Gasteiger partial charge in [0.25, 0.3) is 5.91 Å². The molecule has 0 aliphatic carbocycles. The summed E-state index contributed by atoms with van der Waals surface area (Å²) < 4.78 is 5.42. The van der Waals surface area contributed by atoms with Crippen molar-refractivity contribution in [3.8, 4) is 0 Å². The Kier molecular flexibility index (Phi) is 4.57. The van der Waals surface area contributed by atoms with Gasteiger partial charge in [0.15, 0.2) is 0 Å². The van der Waals surface area contributed by atoms with Gasteiger partial charge in [-0.1, -0.05) is 30.3 Å². The van der Waals surface area contributed by atoms with E-state index in [-0.39, 0.29) is 18.6 Å². The van der Waals surface area contributed by atoms with Crippen molar-refractivity contribution in [2.75, 3.05) is 19.7 Å². The van der Waals surface area contributed by atoms with Gasteiger partial charge in [-0.2, -0.15) is 0 Å². The molecule has 1 aromatic rings. The number of hydrogen-bond donors (Lipinski definition) is 2. The zero-order chi connectivity index (χ0) is 16.2. The first kappa shape index (κ1) is 15.5. The summed E-state index contributed by atoms with van der Waals surface area (Å²) in [5.74, 6) is -0.772. The van der Waals surface area contributed by atoms with E-state index in [1.165, 1.54) is 0 Å². The van der Waals surface area contributed by atoms with Gasteiger partial charge in [-0.15, -0.1) is 0 Å². The fourth-order valence-corrected chi connectivity index (χ4v) is 2.77. The molecule has 7 nitrogen and oxygen atoms in total. The van der Waals surface area contributed by atoms with Gasteiger partial charge in [0.05, 0.1) is 6.10 Å². The van der Waals surface area contributed by atoms with Crippen molar-refractivity contribution in [1.82, 2.24) is 15.5 Å². The zero-order valence-electron chi connectivity index (χ0n) is 12.7. The second kappa shape index (κ2) is 6.78. The van der Waals surface area contributed by atoms with Crippen LogP contribution in [-0.4, -0.2) is 48.5 Å². The highest BCUT2D eigenvalue weighted by Gasteiger charge is 2.39. The molecule has 2 aliphatic heterocycles. The van der Waals surface area contributed by atoms with Crippen molar-refractivity contribution in [1.29, 1.82) is 0 Å². The first-order valence-electron chi connectivity index (χ1n) is 7.70. The number of carbonyl (C=O) groups excluding carboxylic acids is 3. The van der Waals surface area contributed by atoms with E-state index >= 15 is 0 Å². The minimum atomic E-state index is -0.727.